The zero-order valence-electron chi connectivity index (χ0n) is 16.5. The van der Waals surface area contributed by atoms with Crippen LogP contribution in [-0.4, -0.2) is 37.7 Å². The number of benzene rings is 2. The van der Waals surface area contributed by atoms with Crippen molar-refractivity contribution in [2.45, 2.75) is 39.0 Å². The van der Waals surface area contributed by atoms with Gasteiger partial charge in [-0.25, -0.2) is 0 Å². The minimum atomic E-state index is 0.293. The van der Waals surface area contributed by atoms with Gasteiger partial charge in [0.1, 0.15) is 6.61 Å². The molecule has 6 heteroatoms. The van der Waals surface area contributed by atoms with Crippen molar-refractivity contribution >= 4 is 23.2 Å². The maximum atomic E-state index is 6.22. The Kier molecular flexibility index (Phi) is 7.86. The van der Waals surface area contributed by atoms with Crippen LogP contribution in [0.2, 0.25) is 10.0 Å². The first-order valence-corrected chi connectivity index (χ1v) is 10.5. The Morgan fingerprint density at radius 2 is 1.93 bits per heavy atom. The zero-order valence-corrected chi connectivity index (χ0v) is 18.0. The summed E-state index contributed by atoms with van der Waals surface area (Å²) in [6, 6.07) is 12.1. The molecule has 1 heterocycles. The van der Waals surface area contributed by atoms with Gasteiger partial charge < -0.3 is 14.8 Å². The second kappa shape index (κ2) is 10.4. The number of hydrogen-bond acceptors (Lipinski definition) is 4. The van der Waals surface area contributed by atoms with E-state index in [9.17, 15) is 0 Å². The maximum Gasteiger partial charge on any atom is 0.161 e. The Morgan fingerprint density at radius 3 is 2.64 bits per heavy atom. The first-order valence-electron chi connectivity index (χ1n) is 9.79. The molecule has 0 aromatic heterocycles. The van der Waals surface area contributed by atoms with Crippen molar-refractivity contribution in [3.63, 3.8) is 0 Å². The van der Waals surface area contributed by atoms with Gasteiger partial charge in [-0.1, -0.05) is 42.3 Å². The predicted molar refractivity (Wildman–Crippen MR) is 116 cm³/mol. The molecule has 1 aliphatic rings. The highest BCUT2D eigenvalue weighted by Gasteiger charge is 2.22. The Labute approximate surface area is 177 Å². The summed E-state index contributed by atoms with van der Waals surface area (Å²) in [5.41, 5.74) is 1.94. The van der Waals surface area contributed by atoms with E-state index >= 15 is 0 Å². The molecule has 0 amide bonds. The molecule has 0 radical (unpaired) electrons. The quantitative estimate of drug-likeness (QED) is 0.605. The number of likely N-dealkylation sites (N-methyl/N-ethyl adjacent to an activating group) is 1. The Hall–Kier alpha value is -1.46. The molecule has 1 atom stereocenters. The molecule has 0 bridgehead atoms. The normalized spacial score (nSPS) is 17.1. The fourth-order valence-electron chi connectivity index (χ4n) is 3.69. The van der Waals surface area contributed by atoms with Gasteiger partial charge in [0.25, 0.3) is 0 Å². The van der Waals surface area contributed by atoms with Crippen LogP contribution in [-0.2, 0) is 13.2 Å². The average Bonchev–Trinajstić information content (AvgIpc) is 3.15. The summed E-state index contributed by atoms with van der Waals surface area (Å²) in [5, 5.41) is 4.77. The number of likely N-dealkylation sites (tertiary alicyclic amines) is 1. The first-order chi connectivity index (χ1) is 13.6. The van der Waals surface area contributed by atoms with E-state index in [1.165, 1.54) is 24.9 Å². The Bertz CT molecular complexity index is 765. The summed E-state index contributed by atoms with van der Waals surface area (Å²) in [5.74, 6) is 1.38. The summed E-state index contributed by atoms with van der Waals surface area (Å²) in [4.78, 5) is 2.55. The van der Waals surface area contributed by atoms with Crippen molar-refractivity contribution in [1.29, 1.82) is 0 Å². The zero-order chi connectivity index (χ0) is 19.9. The smallest absolute Gasteiger partial charge is 0.161 e. The van der Waals surface area contributed by atoms with Gasteiger partial charge in [0.2, 0.25) is 0 Å². The molecule has 152 valence electrons. The highest BCUT2D eigenvalue weighted by Crippen LogP contribution is 2.31. The van der Waals surface area contributed by atoms with Gasteiger partial charge in [0, 0.05) is 34.7 Å². The standard InChI is InChI=1S/C22H28Cl2N2O2/c1-3-26-11-5-6-17(26)14-25-13-16-9-10-21(22(12-16)27-2)28-15-18-19(23)7-4-8-20(18)24/h4,7-10,12,17,25H,3,5-6,11,13-15H2,1-2H3/t17-/m1/s1. The minimum absolute atomic E-state index is 0.293. The van der Waals surface area contributed by atoms with Crippen LogP contribution in [0.4, 0.5) is 0 Å². The molecular weight excluding hydrogens is 395 g/mol. The van der Waals surface area contributed by atoms with Crippen molar-refractivity contribution in [3.8, 4) is 11.5 Å². The van der Waals surface area contributed by atoms with E-state index in [2.05, 4.69) is 23.2 Å². The van der Waals surface area contributed by atoms with Crippen LogP contribution in [0.1, 0.15) is 30.9 Å². The molecule has 2 aromatic rings. The van der Waals surface area contributed by atoms with E-state index in [0.717, 1.165) is 25.2 Å². The van der Waals surface area contributed by atoms with Crippen molar-refractivity contribution < 1.29 is 9.47 Å². The number of methoxy groups -OCH3 is 1. The van der Waals surface area contributed by atoms with E-state index in [-0.39, 0.29) is 0 Å². The molecule has 2 aromatic carbocycles. The van der Waals surface area contributed by atoms with Crippen molar-refractivity contribution in [2.75, 3.05) is 26.7 Å². The SMILES string of the molecule is CCN1CCC[C@@H]1CNCc1ccc(OCc2c(Cl)cccc2Cl)c(OC)c1. The second-order valence-electron chi connectivity index (χ2n) is 7.03. The molecular formula is C22H28Cl2N2O2. The highest BCUT2D eigenvalue weighted by atomic mass is 35.5. The number of nitrogens with zero attached hydrogens (tertiary/aromatic N) is 1. The van der Waals surface area contributed by atoms with E-state index in [0.29, 0.717) is 34.2 Å². The second-order valence-corrected chi connectivity index (χ2v) is 7.84. The summed E-state index contributed by atoms with van der Waals surface area (Å²) in [6.45, 7) is 6.69. The van der Waals surface area contributed by atoms with Crippen LogP contribution in [0.15, 0.2) is 36.4 Å². The number of nitrogens with one attached hydrogen (secondary N) is 1. The van der Waals surface area contributed by atoms with E-state index in [4.69, 9.17) is 32.7 Å². The third-order valence-electron chi connectivity index (χ3n) is 5.28. The molecule has 1 fully saturated rings. The molecule has 4 nitrogen and oxygen atoms in total. The monoisotopic (exact) mass is 422 g/mol. The summed E-state index contributed by atoms with van der Waals surface area (Å²) < 4.78 is 11.4. The topological polar surface area (TPSA) is 33.7 Å². The van der Waals surface area contributed by atoms with Crippen molar-refractivity contribution in [1.82, 2.24) is 10.2 Å². The van der Waals surface area contributed by atoms with Gasteiger partial charge in [-0.15, -0.1) is 0 Å². The van der Waals surface area contributed by atoms with Gasteiger partial charge in [0.15, 0.2) is 11.5 Å². The summed E-state index contributed by atoms with van der Waals surface area (Å²) in [6.07, 6.45) is 2.58. The van der Waals surface area contributed by atoms with Gasteiger partial charge in [-0.05, 0) is 55.8 Å². The third kappa shape index (κ3) is 5.32. The lowest BCUT2D eigenvalue weighted by molar-refractivity contribution is 0.260. The molecule has 3 rings (SSSR count). The van der Waals surface area contributed by atoms with Crippen LogP contribution in [0.25, 0.3) is 0 Å². The molecule has 1 N–H and O–H groups in total. The molecule has 0 saturated carbocycles. The van der Waals surface area contributed by atoms with E-state index in [1.807, 2.05) is 30.3 Å². The fourth-order valence-corrected chi connectivity index (χ4v) is 4.19. The van der Waals surface area contributed by atoms with Crippen LogP contribution < -0.4 is 14.8 Å². The number of ether oxygens (including phenoxy) is 2. The lowest BCUT2D eigenvalue weighted by Crippen LogP contribution is -2.37. The molecule has 0 aliphatic carbocycles. The average molecular weight is 423 g/mol. The lowest BCUT2D eigenvalue weighted by atomic mass is 10.1. The van der Waals surface area contributed by atoms with Gasteiger partial charge in [-0.2, -0.15) is 0 Å². The highest BCUT2D eigenvalue weighted by molar-refractivity contribution is 6.35. The van der Waals surface area contributed by atoms with Crippen LogP contribution >= 0.6 is 23.2 Å². The fraction of sp³-hybridized carbons (Fsp3) is 0.455. The number of hydrogen-bond donors (Lipinski definition) is 1. The molecule has 1 saturated heterocycles. The largest absolute Gasteiger partial charge is 0.493 e. The van der Waals surface area contributed by atoms with E-state index in [1.54, 1.807) is 7.11 Å². The predicted octanol–water partition coefficient (Wildman–Crippen LogP) is 5.15. The molecule has 28 heavy (non-hydrogen) atoms. The first kappa shape index (κ1) is 21.3. The van der Waals surface area contributed by atoms with Gasteiger partial charge in [-0.3, -0.25) is 4.90 Å². The third-order valence-corrected chi connectivity index (χ3v) is 5.98. The van der Waals surface area contributed by atoms with Crippen LogP contribution in [0, 0.1) is 0 Å². The van der Waals surface area contributed by atoms with E-state index < -0.39 is 0 Å². The van der Waals surface area contributed by atoms with Crippen molar-refractivity contribution in [2.24, 2.45) is 0 Å². The Balaban J connectivity index is 1.57. The van der Waals surface area contributed by atoms with Gasteiger partial charge >= 0.3 is 0 Å². The maximum absolute atomic E-state index is 6.22. The number of halogens is 2. The molecule has 0 unspecified atom stereocenters. The lowest BCUT2D eigenvalue weighted by Gasteiger charge is -2.23. The molecule has 1 aliphatic heterocycles. The summed E-state index contributed by atoms with van der Waals surface area (Å²) >= 11 is 12.4. The van der Waals surface area contributed by atoms with Crippen molar-refractivity contribution in [3.05, 3.63) is 57.6 Å². The summed E-state index contributed by atoms with van der Waals surface area (Å²) in [7, 11) is 1.65. The Morgan fingerprint density at radius 1 is 1.14 bits per heavy atom. The number of rotatable bonds is 9. The van der Waals surface area contributed by atoms with Gasteiger partial charge in [0.05, 0.1) is 7.11 Å². The van der Waals surface area contributed by atoms with Crippen LogP contribution in [0.3, 0.4) is 0 Å². The minimum Gasteiger partial charge on any atom is -0.493 e. The molecule has 0 spiro atoms. The van der Waals surface area contributed by atoms with Crippen LogP contribution in [0.5, 0.6) is 11.5 Å².